The molecule has 0 unspecified atom stereocenters. The lowest BCUT2D eigenvalue weighted by atomic mass is 9.90. The first-order valence-corrected chi connectivity index (χ1v) is 11.2. The summed E-state index contributed by atoms with van der Waals surface area (Å²) in [5.74, 6) is 0.328. The van der Waals surface area contributed by atoms with E-state index in [0.717, 1.165) is 34.2 Å². The first-order valence-electron chi connectivity index (χ1n) is 9.37. The Bertz CT molecular complexity index is 863. The van der Waals surface area contributed by atoms with Crippen LogP contribution in [0.15, 0.2) is 51.8 Å². The Morgan fingerprint density at radius 2 is 1.93 bits per heavy atom. The fourth-order valence-corrected chi connectivity index (χ4v) is 5.15. The molecule has 2 aliphatic rings. The van der Waals surface area contributed by atoms with Gasteiger partial charge in [0.2, 0.25) is 5.91 Å². The first-order chi connectivity index (χ1) is 13.1. The third-order valence-corrected chi connectivity index (χ3v) is 6.76. The average Bonchev–Trinajstić information content (AvgIpc) is 3.31. The van der Waals surface area contributed by atoms with Crippen molar-refractivity contribution in [1.82, 2.24) is 0 Å². The van der Waals surface area contributed by atoms with Crippen LogP contribution in [0.3, 0.4) is 0 Å². The largest absolute Gasteiger partial charge is 0.325 e. The van der Waals surface area contributed by atoms with Crippen molar-refractivity contribution in [3.63, 3.8) is 0 Å². The van der Waals surface area contributed by atoms with E-state index in [-0.39, 0.29) is 11.6 Å². The van der Waals surface area contributed by atoms with Gasteiger partial charge in [-0.15, -0.1) is 11.3 Å². The summed E-state index contributed by atoms with van der Waals surface area (Å²) in [5.41, 5.74) is 2.70. The second kappa shape index (κ2) is 7.98. The highest BCUT2D eigenvalue weighted by Gasteiger charge is 2.38. The highest BCUT2D eigenvalue weighted by atomic mass is 32.2. The standard InChI is InChI=1S/C21H23N3OS2/c1-15-7-9-16(10-8-15)22-18(25)14-27-20-19(17-6-5-13-26-17)23-21(24-20)11-3-2-4-12-21/h5-10,13H,2-4,11-12,14H2,1H3,(H,22,25). The topological polar surface area (TPSA) is 53.8 Å². The predicted octanol–water partition coefficient (Wildman–Crippen LogP) is 5.29. The minimum atomic E-state index is -0.284. The number of hydrogen-bond acceptors (Lipinski definition) is 5. The molecule has 1 N–H and O–H groups in total. The van der Waals surface area contributed by atoms with Gasteiger partial charge >= 0.3 is 0 Å². The van der Waals surface area contributed by atoms with Gasteiger partial charge in [0.25, 0.3) is 0 Å². The van der Waals surface area contributed by atoms with Crippen LogP contribution in [0.2, 0.25) is 0 Å². The highest BCUT2D eigenvalue weighted by Crippen LogP contribution is 2.39. The van der Waals surface area contributed by atoms with Crippen molar-refractivity contribution in [3.8, 4) is 0 Å². The second-order valence-corrected chi connectivity index (χ2v) is 9.01. The molecule has 1 fully saturated rings. The van der Waals surface area contributed by atoms with Gasteiger partial charge in [0, 0.05) is 5.69 Å². The molecule has 6 heteroatoms. The Morgan fingerprint density at radius 1 is 1.15 bits per heavy atom. The summed E-state index contributed by atoms with van der Waals surface area (Å²) >= 11 is 3.19. The molecular formula is C21H23N3OS2. The Balaban J connectivity index is 1.46. The van der Waals surface area contributed by atoms with Gasteiger partial charge < -0.3 is 5.32 Å². The molecule has 2 heterocycles. The van der Waals surface area contributed by atoms with Crippen LogP contribution >= 0.6 is 23.1 Å². The number of nitrogens with one attached hydrogen (secondary N) is 1. The number of carbonyl (C=O) groups excluding carboxylic acids is 1. The smallest absolute Gasteiger partial charge is 0.234 e. The number of thiophene rings is 1. The first kappa shape index (κ1) is 18.4. The van der Waals surface area contributed by atoms with Gasteiger partial charge in [-0.1, -0.05) is 41.9 Å². The van der Waals surface area contributed by atoms with Gasteiger partial charge in [-0.2, -0.15) is 0 Å². The number of thioether (sulfide) groups is 1. The molecule has 140 valence electrons. The number of aliphatic imine (C=N–C) groups is 2. The van der Waals surface area contributed by atoms with Gasteiger partial charge in [-0.25, -0.2) is 4.99 Å². The lowest BCUT2D eigenvalue weighted by Crippen LogP contribution is -2.25. The summed E-state index contributed by atoms with van der Waals surface area (Å²) in [7, 11) is 0. The minimum absolute atomic E-state index is 0.0123. The highest BCUT2D eigenvalue weighted by molar-refractivity contribution is 8.16. The van der Waals surface area contributed by atoms with E-state index in [0.29, 0.717) is 5.75 Å². The maximum atomic E-state index is 12.4. The van der Waals surface area contributed by atoms with Crippen LogP contribution in [0.1, 0.15) is 42.5 Å². The number of hydrogen-bond donors (Lipinski definition) is 1. The van der Waals surface area contributed by atoms with Crippen molar-refractivity contribution in [3.05, 3.63) is 52.2 Å². The second-order valence-electron chi connectivity index (χ2n) is 7.10. The molecule has 1 saturated carbocycles. The fraction of sp³-hybridized carbons (Fsp3) is 0.381. The Kier molecular flexibility index (Phi) is 5.45. The zero-order chi connectivity index (χ0) is 18.7. The third-order valence-electron chi connectivity index (χ3n) is 4.92. The lowest BCUT2D eigenvalue weighted by Gasteiger charge is -2.27. The quantitative estimate of drug-likeness (QED) is 0.762. The maximum absolute atomic E-state index is 12.4. The Morgan fingerprint density at radius 3 is 2.63 bits per heavy atom. The number of anilines is 1. The fourth-order valence-electron chi connectivity index (χ4n) is 3.51. The van der Waals surface area contributed by atoms with Crippen LogP contribution in [0.5, 0.6) is 0 Å². The van der Waals surface area contributed by atoms with E-state index in [4.69, 9.17) is 9.98 Å². The van der Waals surface area contributed by atoms with Crippen molar-refractivity contribution in [2.75, 3.05) is 11.1 Å². The Hall–Kier alpha value is -1.92. The summed E-state index contributed by atoms with van der Waals surface area (Å²) in [6, 6.07) is 12.0. The Labute approximate surface area is 168 Å². The summed E-state index contributed by atoms with van der Waals surface area (Å²) in [5, 5.41) is 5.94. The molecular weight excluding hydrogens is 374 g/mol. The number of aryl methyl sites for hydroxylation is 1. The van der Waals surface area contributed by atoms with Crippen molar-refractivity contribution in [2.45, 2.75) is 44.7 Å². The normalized spacial score (nSPS) is 18.3. The van der Waals surface area contributed by atoms with Crippen molar-refractivity contribution in [1.29, 1.82) is 0 Å². The molecule has 0 radical (unpaired) electrons. The van der Waals surface area contributed by atoms with Crippen molar-refractivity contribution in [2.24, 2.45) is 9.98 Å². The SMILES string of the molecule is Cc1ccc(NC(=O)CSC2=NC3(CCCCC3)N=C2c2cccs2)cc1. The van der Waals surface area contributed by atoms with E-state index in [9.17, 15) is 4.79 Å². The third kappa shape index (κ3) is 4.33. The number of benzene rings is 1. The molecule has 1 aromatic heterocycles. The van der Waals surface area contributed by atoms with E-state index in [1.807, 2.05) is 37.3 Å². The molecule has 1 aromatic carbocycles. The summed E-state index contributed by atoms with van der Waals surface area (Å²) in [6.45, 7) is 2.03. The molecule has 0 atom stereocenters. The molecule has 1 aliphatic carbocycles. The van der Waals surface area contributed by atoms with Gasteiger partial charge in [0.05, 0.1) is 10.6 Å². The molecule has 1 spiro atoms. The zero-order valence-electron chi connectivity index (χ0n) is 15.4. The molecule has 1 amide bonds. The molecule has 2 aromatic rings. The predicted molar refractivity (Wildman–Crippen MR) is 116 cm³/mol. The van der Waals surface area contributed by atoms with E-state index in [1.54, 1.807) is 11.3 Å². The molecule has 4 nitrogen and oxygen atoms in total. The van der Waals surface area contributed by atoms with Crippen molar-refractivity contribution < 1.29 is 4.79 Å². The minimum Gasteiger partial charge on any atom is -0.325 e. The molecule has 0 bridgehead atoms. The van der Waals surface area contributed by atoms with Crippen molar-refractivity contribution >= 4 is 45.4 Å². The maximum Gasteiger partial charge on any atom is 0.234 e. The van der Waals surface area contributed by atoms with Crippen LogP contribution in [0, 0.1) is 6.92 Å². The average molecular weight is 398 g/mol. The van der Waals surface area contributed by atoms with E-state index in [1.165, 1.54) is 36.6 Å². The van der Waals surface area contributed by atoms with Gasteiger partial charge in [0.15, 0.2) is 5.66 Å². The summed E-state index contributed by atoms with van der Waals surface area (Å²) in [6.07, 6.45) is 5.65. The summed E-state index contributed by atoms with van der Waals surface area (Å²) < 4.78 is 0. The van der Waals surface area contributed by atoms with Gasteiger partial charge in [0.1, 0.15) is 10.8 Å². The molecule has 1 aliphatic heterocycles. The summed E-state index contributed by atoms with van der Waals surface area (Å²) in [4.78, 5) is 23.6. The van der Waals surface area contributed by atoms with Crippen LogP contribution in [0.25, 0.3) is 0 Å². The number of nitrogens with zero attached hydrogens (tertiary/aromatic N) is 2. The molecule has 4 rings (SSSR count). The van der Waals surface area contributed by atoms with E-state index >= 15 is 0 Å². The van der Waals surface area contributed by atoms with Crippen LogP contribution < -0.4 is 5.32 Å². The van der Waals surface area contributed by atoms with Crippen LogP contribution in [-0.4, -0.2) is 28.1 Å². The zero-order valence-corrected chi connectivity index (χ0v) is 17.0. The molecule has 0 saturated heterocycles. The number of amides is 1. The van der Waals surface area contributed by atoms with Crippen LogP contribution in [-0.2, 0) is 4.79 Å². The monoisotopic (exact) mass is 397 g/mol. The number of rotatable bonds is 4. The molecule has 27 heavy (non-hydrogen) atoms. The van der Waals surface area contributed by atoms with E-state index in [2.05, 4.69) is 16.8 Å². The lowest BCUT2D eigenvalue weighted by molar-refractivity contribution is -0.113. The van der Waals surface area contributed by atoms with E-state index < -0.39 is 0 Å². The van der Waals surface area contributed by atoms with Gasteiger partial charge in [-0.3, -0.25) is 9.79 Å². The van der Waals surface area contributed by atoms with Crippen LogP contribution in [0.4, 0.5) is 5.69 Å². The number of carbonyl (C=O) groups is 1. The van der Waals surface area contributed by atoms with Gasteiger partial charge in [-0.05, 0) is 56.2 Å².